The highest BCUT2D eigenvalue weighted by molar-refractivity contribution is 9.10. The molecule has 1 unspecified atom stereocenters. The predicted octanol–water partition coefficient (Wildman–Crippen LogP) is 4.04. The molecule has 1 N–H and O–H groups in total. The third kappa shape index (κ3) is 3.30. The Bertz CT molecular complexity index is 920. The third-order valence-electron chi connectivity index (χ3n) is 5.29. The van der Waals surface area contributed by atoms with Crippen LogP contribution in [0.4, 0.5) is 16.3 Å². The molecular formula is C19H18BrClN4O2. The summed E-state index contributed by atoms with van der Waals surface area (Å²) >= 11 is 9.39. The number of likely N-dealkylation sites (tertiary alicyclic amines) is 1. The van der Waals surface area contributed by atoms with Crippen LogP contribution < -0.4 is 10.2 Å². The third-order valence-corrected chi connectivity index (χ3v) is 6.01. The molecule has 2 aromatic rings. The van der Waals surface area contributed by atoms with Crippen molar-refractivity contribution in [2.75, 3.05) is 29.9 Å². The Hall–Kier alpha value is -2.12. The van der Waals surface area contributed by atoms with E-state index >= 15 is 0 Å². The first kappa shape index (κ1) is 18.3. The quantitative estimate of drug-likeness (QED) is 0.714. The van der Waals surface area contributed by atoms with Crippen LogP contribution in [0.2, 0.25) is 5.02 Å². The van der Waals surface area contributed by atoms with Gasteiger partial charge in [-0.25, -0.2) is 9.78 Å². The molecule has 0 saturated carbocycles. The first-order valence-corrected chi connectivity index (χ1v) is 9.81. The molecule has 0 radical (unpaired) electrons. The minimum absolute atomic E-state index is 0.0664. The second kappa shape index (κ2) is 6.80. The molecule has 0 aliphatic carbocycles. The van der Waals surface area contributed by atoms with Gasteiger partial charge in [0.2, 0.25) is 5.91 Å². The van der Waals surface area contributed by atoms with E-state index in [4.69, 9.17) is 11.6 Å². The van der Waals surface area contributed by atoms with Crippen LogP contribution in [-0.2, 0) is 10.2 Å². The van der Waals surface area contributed by atoms with Crippen molar-refractivity contribution in [2.45, 2.75) is 18.8 Å². The second-order valence-corrected chi connectivity index (χ2v) is 8.36. The van der Waals surface area contributed by atoms with Crippen molar-refractivity contribution in [3.63, 3.8) is 0 Å². The molecule has 1 atom stereocenters. The van der Waals surface area contributed by atoms with Crippen molar-refractivity contribution >= 4 is 51.0 Å². The number of hydrogen-bond acceptors (Lipinski definition) is 3. The number of hydrogen-bond donors (Lipinski definition) is 1. The van der Waals surface area contributed by atoms with E-state index in [0.29, 0.717) is 30.5 Å². The number of carbonyl (C=O) groups excluding carboxylic acids is 2. The highest BCUT2D eigenvalue weighted by Gasteiger charge is 2.49. The monoisotopic (exact) mass is 448 g/mol. The number of fused-ring (bicyclic) bond motifs is 2. The van der Waals surface area contributed by atoms with Crippen molar-refractivity contribution in [3.05, 3.63) is 51.6 Å². The molecule has 2 aliphatic rings. The van der Waals surface area contributed by atoms with Gasteiger partial charge in [-0.05, 0) is 42.3 Å². The number of amides is 3. The Kier molecular flexibility index (Phi) is 4.60. The fourth-order valence-corrected chi connectivity index (χ4v) is 4.41. The SMILES string of the molecule is CC(=O)N1CCC2(C1)CN(C(=O)Nc1ccc(Cl)cn1)c1ccc(Br)cc12. The lowest BCUT2D eigenvalue weighted by molar-refractivity contribution is -0.127. The van der Waals surface area contributed by atoms with E-state index in [0.717, 1.165) is 22.1 Å². The molecule has 8 heteroatoms. The molecule has 3 amide bonds. The largest absolute Gasteiger partial charge is 0.342 e. The molecule has 0 bridgehead atoms. The summed E-state index contributed by atoms with van der Waals surface area (Å²) in [5, 5.41) is 3.34. The molecule has 1 aromatic carbocycles. The van der Waals surface area contributed by atoms with Crippen LogP contribution >= 0.6 is 27.5 Å². The number of anilines is 2. The van der Waals surface area contributed by atoms with Crippen molar-refractivity contribution in [2.24, 2.45) is 0 Å². The van der Waals surface area contributed by atoms with Crippen LogP contribution in [0.25, 0.3) is 0 Å². The lowest BCUT2D eigenvalue weighted by Crippen LogP contribution is -2.41. The zero-order chi connectivity index (χ0) is 19.2. The van der Waals surface area contributed by atoms with Crippen LogP contribution in [0.5, 0.6) is 0 Å². The Morgan fingerprint density at radius 1 is 1.26 bits per heavy atom. The van der Waals surface area contributed by atoms with Crippen molar-refractivity contribution in [3.8, 4) is 0 Å². The number of carbonyl (C=O) groups is 2. The highest BCUT2D eigenvalue weighted by Crippen LogP contribution is 2.47. The van der Waals surface area contributed by atoms with Crippen LogP contribution in [0, 0.1) is 0 Å². The van der Waals surface area contributed by atoms with Gasteiger partial charge < -0.3 is 4.90 Å². The molecular weight excluding hydrogens is 432 g/mol. The van der Waals surface area contributed by atoms with Crippen LogP contribution in [-0.4, -0.2) is 41.5 Å². The molecule has 6 nitrogen and oxygen atoms in total. The van der Waals surface area contributed by atoms with Crippen molar-refractivity contribution < 1.29 is 9.59 Å². The summed E-state index contributed by atoms with van der Waals surface area (Å²) < 4.78 is 0.962. The smallest absolute Gasteiger partial charge is 0.327 e. The lowest BCUT2D eigenvalue weighted by Gasteiger charge is -2.25. The predicted molar refractivity (Wildman–Crippen MR) is 108 cm³/mol. The van der Waals surface area contributed by atoms with E-state index in [1.165, 1.54) is 6.20 Å². The number of pyridine rings is 1. The summed E-state index contributed by atoms with van der Waals surface area (Å²) in [4.78, 5) is 32.5. The normalized spacial score (nSPS) is 20.9. The van der Waals surface area contributed by atoms with Gasteiger partial charge >= 0.3 is 6.03 Å². The number of aromatic nitrogens is 1. The fraction of sp³-hybridized carbons (Fsp3) is 0.316. The molecule has 1 fully saturated rings. The summed E-state index contributed by atoms with van der Waals surface area (Å²) in [5.41, 5.74) is 1.73. The first-order valence-electron chi connectivity index (χ1n) is 8.64. The van der Waals surface area contributed by atoms with E-state index < -0.39 is 0 Å². The summed E-state index contributed by atoms with van der Waals surface area (Å²) in [6, 6.07) is 9.04. The van der Waals surface area contributed by atoms with E-state index in [9.17, 15) is 9.59 Å². The van der Waals surface area contributed by atoms with Gasteiger partial charge in [-0.15, -0.1) is 0 Å². The van der Waals surface area contributed by atoms with Gasteiger partial charge in [-0.2, -0.15) is 0 Å². The van der Waals surface area contributed by atoms with E-state index in [1.807, 2.05) is 17.0 Å². The number of benzene rings is 1. The Morgan fingerprint density at radius 2 is 2.07 bits per heavy atom. The van der Waals surface area contributed by atoms with Gasteiger partial charge in [0.15, 0.2) is 0 Å². The minimum atomic E-state index is -0.244. The summed E-state index contributed by atoms with van der Waals surface area (Å²) in [7, 11) is 0. The van der Waals surface area contributed by atoms with Gasteiger partial charge in [0, 0.05) is 48.3 Å². The van der Waals surface area contributed by atoms with Gasteiger partial charge in [0.25, 0.3) is 0 Å². The van der Waals surface area contributed by atoms with E-state index in [1.54, 1.807) is 24.0 Å². The maximum atomic E-state index is 13.0. The molecule has 1 saturated heterocycles. The maximum absolute atomic E-state index is 13.0. The van der Waals surface area contributed by atoms with Gasteiger partial charge in [-0.1, -0.05) is 27.5 Å². The first-order chi connectivity index (χ1) is 12.9. The molecule has 2 aliphatic heterocycles. The number of rotatable bonds is 1. The van der Waals surface area contributed by atoms with Crippen LogP contribution in [0.3, 0.4) is 0 Å². The number of nitrogens with one attached hydrogen (secondary N) is 1. The van der Waals surface area contributed by atoms with Crippen LogP contribution in [0.1, 0.15) is 18.9 Å². The molecule has 27 heavy (non-hydrogen) atoms. The van der Waals surface area contributed by atoms with Crippen molar-refractivity contribution in [1.82, 2.24) is 9.88 Å². The number of halogens is 2. The Labute approximate surface area is 170 Å². The average molecular weight is 450 g/mol. The molecule has 4 rings (SSSR count). The van der Waals surface area contributed by atoms with E-state index in [2.05, 4.69) is 32.3 Å². The maximum Gasteiger partial charge on any atom is 0.327 e. The van der Waals surface area contributed by atoms with Crippen molar-refractivity contribution in [1.29, 1.82) is 0 Å². The fourth-order valence-electron chi connectivity index (χ4n) is 3.94. The number of urea groups is 1. The topological polar surface area (TPSA) is 65.5 Å². The molecule has 3 heterocycles. The molecule has 140 valence electrons. The van der Waals surface area contributed by atoms with Gasteiger partial charge in [0.05, 0.1) is 5.02 Å². The van der Waals surface area contributed by atoms with Gasteiger partial charge in [-0.3, -0.25) is 15.0 Å². The van der Waals surface area contributed by atoms with Gasteiger partial charge in [0.1, 0.15) is 5.82 Å². The zero-order valence-corrected chi connectivity index (χ0v) is 17.0. The molecule has 1 spiro atoms. The Balaban J connectivity index is 1.64. The summed E-state index contributed by atoms with van der Waals surface area (Å²) in [5.74, 6) is 0.512. The average Bonchev–Trinajstić information content (AvgIpc) is 3.20. The van der Waals surface area contributed by atoms with Crippen LogP contribution in [0.15, 0.2) is 41.0 Å². The Morgan fingerprint density at radius 3 is 2.74 bits per heavy atom. The standard InChI is InChI=1S/C19H18BrClN4O2/c1-12(26)24-7-6-19(10-24)11-25(16-4-2-13(20)8-15(16)19)18(27)23-17-5-3-14(21)9-22-17/h2-5,8-9H,6-7,10-11H2,1H3,(H,22,23,27). The summed E-state index contributed by atoms with van der Waals surface area (Å²) in [6.07, 6.45) is 2.33. The lowest BCUT2D eigenvalue weighted by atomic mass is 9.81. The molecule has 1 aromatic heterocycles. The second-order valence-electron chi connectivity index (χ2n) is 7.01. The van der Waals surface area contributed by atoms with E-state index in [-0.39, 0.29) is 17.4 Å². The zero-order valence-electron chi connectivity index (χ0n) is 14.7. The minimum Gasteiger partial charge on any atom is -0.342 e. The number of nitrogens with zero attached hydrogens (tertiary/aromatic N) is 3. The summed E-state index contributed by atoms with van der Waals surface area (Å²) in [6.45, 7) is 3.44. The highest BCUT2D eigenvalue weighted by atomic mass is 79.9.